The number of rotatable bonds is 5. The number of aromatic nitrogens is 2. The maximum atomic E-state index is 12.3. The van der Waals surface area contributed by atoms with Crippen molar-refractivity contribution in [3.05, 3.63) is 36.0 Å². The second-order valence-electron chi connectivity index (χ2n) is 4.67. The van der Waals surface area contributed by atoms with Crippen LogP contribution >= 0.6 is 11.8 Å². The van der Waals surface area contributed by atoms with Crippen molar-refractivity contribution in [1.29, 1.82) is 0 Å². The molecule has 116 valence electrons. The molecule has 0 saturated heterocycles. The average molecular weight is 318 g/mol. The molecule has 0 aliphatic carbocycles. The van der Waals surface area contributed by atoms with E-state index >= 15 is 0 Å². The first-order valence-electron chi connectivity index (χ1n) is 6.59. The van der Waals surface area contributed by atoms with Gasteiger partial charge in [-0.1, -0.05) is 0 Å². The third-order valence-electron chi connectivity index (χ3n) is 2.95. The molecule has 1 heterocycles. The number of amides is 1. The normalized spacial score (nSPS) is 10.2. The Morgan fingerprint density at radius 1 is 1.27 bits per heavy atom. The summed E-state index contributed by atoms with van der Waals surface area (Å²) in [5.74, 6) is 0.380. The lowest BCUT2D eigenvalue weighted by molar-refractivity contribution is 0.102. The van der Waals surface area contributed by atoms with Crippen molar-refractivity contribution >= 4 is 29.2 Å². The summed E-state index contributed by atoms with van der Waals surface area (Å²) in [4.78, 5) is 23.5. The van der Waals surface area contributed by atoms with E-state index in [0.29, 0.717) is 17.1 Å². The second kappa shape index (κ2) is 7.13. The molecule has 1 amide bonds. The van der Waals surface area contributed by atoms with Gasteiger partial charge in [0.05, 0.1) is 13.3 Å². The first-order valence-corrected chi connectivity index (χ1v) is 7.81. The summed E-state index contributed by atoms with van der Waals surface area (Å²) in [7, 11) is 5.18. The van der Waals surface area contributed by atoms with Gasteiger partial charge in [-0.15, -0.1) is 11.8 Å². The van der Waals surface area contributed by atoms with Crippen LogP contribution in [-0.2, 0) is 0 Å². The molecule has 1 aromatic heterocycles. The van der Waals surface area contributed by atoms with Crippen molar-refractivity contribution in [3.8, 4) is 6.01 Å². The van der Waals surface area contributed by atoms with Crippen LogP contribution in [0, 0.1) is 0 Å². The average Bonchev–Trinajstić information content (AvgIpc) is 2.55. The van der Waals surface area contributed by atoms with E-state index in [1.54, 1.807) is 28.8 Å². The molecule has 0 aliphatic rings. The van der Waals surface area contributed by atoms with Crippen LogP contribution in [0.5, 0.6) is 6.01 Å². The van der Waals surface area contributed by atoms with E-state index in [4.69, 9.17) is 4.74 Å². The minimum Gasteiger partial charge on any atom is -0.467 e. The van der Waals surface area contributed by atoms with Gasteiger partial charge in [0.15, 0.2) is 5.82 Å². The molecule has 0 fully saturated rings. The van der Waals surface area contributed by atoms with Crippen molar-refractivity contribution in [2.24, 2.45) is 0 Å². The van der Waals surface area contributed by atoms with Gasteiger partial charge >= 0.3 is 6.01 Å². The lowest BCUT2D eigenvalue weighted by atomic mass is 10.2. The quantitative estimate of drug-likeness (QED) is 0.855. The molecule has 2 rings (SSSR count). The van der Waals surface area contributed by atoms with E-state index in [2.05, 4.69) is 15.3 Å². The fraction of sp³-hybridized carbons (Fsp3) is 0.267. The molecule has 0 atom stereocenters. The number of carbonyl (C=O) groups excluding carboxylic acids is 1. The molecule has 0 saturated carbocycles. The number of hydrogen-bond acceptors (Lipinski definition) is 6. The van der Waals surface area contributed by atoms with E-state index in [1.165, 1.54) is 13.3 Å². The molecule has 7 heteroatoms. The summed E-state index contributed by atoms with van der Waals surface area (Å²) in [5, 5.41) is 2.83. The number of methoxy groups -OCH3 is 1. The molecule has 0 spiro atoms. The number of hydrogen-bond donors (Lipinski definition) is 1. The molecular weight excluding hydrogens is 300 g/mol. The highest BCUT2D eigenvalue weighted by atomic mass is 32.2. The maximum absolute atomic E-state index is 12.3. The van der Waals surface area contributed by atoms with Crippen molar-refractivity contribution in [2.45, 2.75) is 4.90 Å². The van der Waals surface area contributed by atoms with Gasteiger partial charge in [-0.3, -0.25) is 4.79 Å². The van der Waals surface area contributed by atoms with Crippen LogP contribution in [0.1, 0.15) is 10.4 Å². The first-order chi connectivity index (χ1) is 10.5. The Labute approximate surface area is 133 Å². The number of anilines is 2. The van der Waals surface area contributed by atoms with Crippen molar-refractivity contribution < 1.29 is 9.53 Å². The highest BCUT2D eigenvalue weighted by Crippen LogP contribution is 2.24. The minimum atomic E-state index is -0.204. The fourth-order valence-corrected chi connectivity index (χ4v) is 2.23. The van der Waals surface area contributed by atoms with Crippen molar-refractivity contribution in [1.82, 2.24) is 9.97 Å². The van der Waals surface area contributed by atoms with Gasteiger partial charge in [0.2, 0.25) is 0 Å². The van der Waals surface area contributed by atoms with Crippen LogP contribution in [-0.4, -0.2) is 43.3 Å². The Balaban J connectivity index is 2.23. The first kappa shape index (κ1) is 16.1. The highest BCUT2D eigenvalue weighted by molar-refractivity contribution is 7.98. The molecule has 0 bridgehead atoms. The number of benzene rings is 1. The van der Waals surface area contributed by atoms with Crippen LogP contribution in [0.25, 0.3) is 0 Å². The van der Waals surface area contributed by atoms with E-state index < -0.39 is 0 Å². The molecular formula is C15H18N4O2S. The zero-order valence-electron chi connectivity index (χ0n) is 13.0. The van der Waals surface area contributed by atoms with Crippen LogP contribution in [0.15, 0.2) is 35.4 Å². The van der Waals surface area contributed by atoms with E-state index in [9.17, 15) is 4.79 Å². The predicted octanol–water partition coefficient (Wildman–Crippen LogP) is 2.53. The summed E-state index contributed by atoms with van der Waals surface area (Å²) in [6.07, 6.45) is 3.53. The van der Waals surface area contributed by atoms with E-state index in [-0.39, 0.29) is 11.9 Å². The molecule has 1 N–H and O–H groups in total. The number of nitrogens with one attached hydrogen (secondary N) is 1. The summed E-state index contributed by atoms with van der Waals surface area (Å²) < 4.78 is 5.01. The van der Waals surface area contributed by atoms with Crippen LogP contribution in [0.4, 0.5) is 11.5 Å². The molecule has 0 radical (unpaired) electrons. The Bertz CT molecular complexity index is 659. The third-order valence-corrected chi connectivity index (χ3v) is 3.70. The number of thioether (sulfide) groups is 1. The molecule has 0 aliphatic heterocycles. The van der Waals surface area contributed by atoms with E-state index in [1.807, 2.05) is 32.5 Å². The SMILES string of the molecule is COc1ncc(NC(=O)c2ccc(SC)cc2)c(N(C)C)n1. The second-order valence-corrected chi connectivity index (χ2v) is 5.55. The van der Waals surface area contributed by atoms with Crippen LogP contribution < -0.4 is 15.0 Å². The number of nitrogens with zero attached hydrogens (tertiary/aromatic N) is 3. The molecule has 2 aromatic rings. The molecule has 1 aromatic carbocycles. The highest BCUT2D eigenvalue weighted by Gasteiger charge is 2.13. The summed E-state index contributed by atoms with van der Waals surface area (Å²) in [6, 6.07) is 7.67. The van der Waals surface area contributed by atoms with Crippen molar-refractivity contribution in [2.75, 3.05) is 37.7 Å². The zero-order valence-corrected chi connectivity index (χ0v) is 13.8. The van der Waals surface area contributed by atoms with Gasteiger partial charge in [0.1, 0.15) is 5.69 Å². The monoisotopic (exact) mass is 318 g/mol. The standard InChI is InChI=1S/C15H18N4O2S/c1-19(2)13-12(9-16-15(18-13)21-3)17-14(20)10-5-7-11(22-4)8-6-10/h5-9H,1-4H3,(H,17,20). The lowest BCUT2D eigenvalue weighted by Crippen LogP contribution is -2.18. The largest absolute Gasteiger partial charge is 0.467 e. The van der Waals surface area contributed by atoms with Crippen molar-refractivity contribution in [3.63, 3.8) is 0 Å². The molecule has 0 unspecified atom stereocenters. The topological polar surface area (TPSA) is 67.3 Å². The Kier molecular flexibility index (Phi) is 5.21. The van der Waals surface area contributed by atoms with Gasteiger partial charge in [0, 0.05) is 24.6 Å². The Morgan fingerprint density at radius 3 is 2.50 bits per heavy atom. The van der Waals surface area contributed by atoms with Crippen LogP contribution in [0.2, 0.25) is 0 Å². The zero-order chi connectivity index (χ0) is 16.1. The Morgan fingerprint density at radius 2 is 1.95 bits per heavy atom. The van der Waals surface area contributed by atoms with Gasteiger partial charge in [-0.05, 0) is 30.5 Å². The van der Waals surface area contributed by atoms with Gasteiger partial charge in [-0.25, -0.2) is 4.98 Å². The van der Waals surface area contributed by atoms with Gasteiger partial charge < -0.3 is 15.0 Å². The lowest BCUT2D eigenvalue weighted by Gasteiger charge is -2.16. The summed E-state index contributed by atoms with van der Waals surface area (Å²) in [5.41, 5.74) is 1.11. The third kappa shape index (κ3) is 3.67. The summed E-state index contributed by atoms with van der Waals surface area (Å²) in [6.45, 7) is 0. The van der Waals surface area contributed by atoms with Gasteiger partial charge in [-0.2, -0.15) is 4.98 Å². The maximum Gasteiger partial charge on any atom is 0.318 e. The van der Waals surface area contributed by atoms with Gasteiger partial charge in [0.25, 0.3) is 5.91 Å². The number of ether oxygens (including phenoxy) is 1. The van der Waals surface area contributed by atoms with E-state index in [0.717, 1.165) is 4.90 Å². The smallest absolute Gasteiger partial charge is 0.318 e. The van der Waals surface area contributed by atoms with Crippen LogP contribution in [0.3, 0.4) is 0 Å². The minimum absolute atomic E-state index is 0.204. The Hall–Kier alpha value is -2.28. The molecule has 6 nitrogen and oxygen atoms in total. The molecule has 22 heavy (non-hydrogen) atoms. The summed E-state index contributed by atoms with van der Waals surface area (Å²) >= 11 is 1.63. The number of carbonyl (C=O) groups is 1. The fourth-order valence-electron chi connectivity index (χ4n) is 1.82. The predicted molar refractivity (Wildman–Crippen MR) is 89.1 cm³/mol.